The largest absolute Gasteiger partial charge is 0.496 e. The van der Waals surface area contributed by atoms with Crippen molar-refractivity contribution in [1.29, 1.82) is 0 Å². The van der Waals surface area contributed by atoms with E-state index >= 15 is 0 Å². The van der Waals surface area contributed by atoms with E-state index in [0.29, 0.717) is 0 Å². The summed E-state index contributed by atoms with van der Waals surface area (Å²) in [7, 11) is 1.68. The minimum Gasteiger partial charge on any atom is -0.496 e. The van der Waals surface area contributed by atoms with Crippen LogP contribution in [0.1, 0.15) is 11.1 Å². The van der Waals surface area contributed by atoms with Crippen LogP contribution in [0.4, 0.5) is 0 Å². The molecule has 0 fully saturated rings. The van der Waals surface area contributed by atoms with Gasteiger partial charge < -0.3 is 4.74 Å². The number of halogens is 1. The molecule has 1 nitrogen and oxygen atoms in total. The van der Waals surface area contributed by atoms with Crippen molar-refractivity contribution in [2.24, 2.45) is 0 Å². The lowest BCUT2D eigenvalue weighted by Gasteiger charge is -2.04. The third kappa shape index (κ3) is 2.11. The van der Waals surface area contributed by atoms with Gasteiger partial charge in [0, 0.05) is 5.56 Å². The van der Waals surface area contributed by atoms with Crippen LogP contribution in [0.15, 0.2) is 23.2 Å². The molecule has 0 saturated carbocycles. The summed E-state index contributed by atoms with van der Waals surface area (Å²) in [4.78, 5) is 1.82. The molecule has 0 amide bonds. The molecule has 1 rings (SSSR count). The standard InChI is InChI=1S/C10H11BrO/c1-8-3-4-9(5-6-11)10(7-8)12-2/h3-7H,1-2H3/b6-5+. The highest BCUT2D eigenvalue weighted by Gasteiger charge is 1.97. The number of methoxy groups -OCH3 is 1. The first-order valence-electron chi connectivity index (χ1n) is 3.69. The van der Waals surface area contributed by atoms with Gasteiger partial charge in [-0.2, -0.15) is 0 Å². The Bertz CT molecular complexity index is 292. The van der Waals surface area contributed by atoms with Crippen molar-refractivity contribution < 1.29 is 4.74 Å². The Morgan fingerprint density at radius 2 is 2.17 bits per heavy atom. The zero-order valence-electron chi connectivity index (χ0n) is 7.17. The Hall–Kier alpha value is -0.760. The zero-order valence-corrected chi connectivity index (χ0v) is 8.76. The lowest BCUT2D eigenvalue weighted by atomic mass is 10.1. The van der Waals surface area contributed by atoms with Gasteiger partial charge in [-0.3, -0.25) is 0 Å². The Kier molecular flexibility index (Phi) is 3.35. The number of rotatable bonds is 2. The van der Waals surface area contributed by atoms with Gasteiger partial charge in [0.1, 0.15) is 5.75 Å². The monoisotopic (exact) mass is 226 g/mol. The van der Waals surface area contributed by atoms with Gasteiger partial charge in [-0.15, -0.1) is 0 Å². The van der Waals surface area contributed by atoms with E-state index in [2.05, 4.69) is 22.0 Å². The minimum atomic E-state index is 0.908. The van der Waals surface area contributed by atoms with Gasteiger partial charge in [-0.1, -0.05) is 28.1 Å². The molecule has 0 atom stereocenters. The number of hydrogen-bond donors (Lipinski definition) is 0. The predicted octanol–water partition coefficient (Wildman–Crippen LogP) is 3.37. The fourth-order valence-electron chi connectivity index (χ4n) is 1.02. The van der Waals surface area contributed by atoms with Crippen LogP contribution in [0.25, 0.3) is 6.08 Å². The smallest absolute Gasteiger partial charge is 0.126 e. The molecule has 0 N–H and O–H groups in total. The highest BCUT2D eigenvalue weighted by molar-refractivity contribution is 9.11. The second-order valence-corrected chi connectivity index (χ2v) is 3.07. The van der Waals surface area contributed by atoms with Crippen molar-refractivity contribution in [1.82, 2.24) is 0 Å². The summed E-state index contributed by atoms with van der Waals surface area (Å²) in [5.74, 6) is 0.908. The summed E-state index contributed by atoms with van der Waals surface area (Å²) in [5.41, 5.74) is 2.29. The first-order chi connectivity index (χ1) is 5.77. The van der Waals surface area contributed by atoms with E-state index < -0.39 is 0 Å². The lowest BCUT2D eigenvalue weighted by molar-refractivity contribution is 0.413. The molecule has 1 aromatic carbocycles. The molecule has 0 bridgehead atoms. The van der Waals surface area contributed by atoms with Gasteiger partial charge in [0.25, 0.3) is 0 Å². The topological polar surface area (TPSA) is 9.23 Å². The quantitative estimate of drug-likeness (QED) is 0.752. The van der Waals surface area contributed by atoms with Crippen LogP contribution in [-0.2, 0) is 0 Å². The Labute approximate surface area is 81.2 Å². The second kappa shape index (κ2) is 4.31. The zero-order chi connectivity index (χ0) is 8.97. The third-order valence-electron chi connectivity index (χ3n) is 1.63. The maximum absolute atomic E-state index is 5.21. The second-order valence-electron chi connectivity index (χ2n) is 2.54. The van der Waals surface area contributed by atoms with E-state index in [4.69, 9.17) is 4.74 Å². The van der Waals surface area contributed by atoms with Crippen LogP contribution in [-0.4, -0.2) is 7.11 Å². The summed E-state index contributed by atoms with van der Waals surface area (Å²) in [5, 5.41) is 0. The van der Waals surface area contributed by atoms with Gasteiger partial charge in [-0.25, -0.2) is 0 Å². The average molecular weight is 227 g/mol. The Morgan fingerprint density at radius 1 is 1.42 bits per heavy atom. The molecular weight excluding hydrogens is 216 g/mol. The Morgan fingerprint density at radius 3 is 2.75 bits per heavy atom. The molecule has 0 radical (unpaired) electrons. The summed E-state index contributed by atoms with van der Waals surface area (Å²) in [6, 6.07) is 6.11. The molecule has 0 heterocycles. The van der Waals surface area contributed by atoms with Gasteiger partial charge in [0.2, 0.25) is 0 Å². The first-order valence-corrected chi connectivity index (χ1v) is 4.61. The predicted molar refractivity (Wildman–Crippen MR) is 55.7 cm³/mol. The van der Waals surface area contributed by atoms with Crippen LogP contribution in [0.5, 0.6) is 5.75 Å². The fourth-order valence-corrected chi connectivity index (χ4v) is 1.31. The van der Waals surface area contributed by atoms with Crippen LogP contribution in [0.3, 0.4) is 0 Å². The number of ether oxygens (including phenoxy) is 1. The van der Waals surface area contributed by atoms with E-state index in [9.17, 15) is 0 Å². The average Bonchev–Trinajstić information content (AvgIpc) is 2.08. The SMILES string of the molecule is COc1cc(C)ccc1/C=C/Br. The molecule has 1 aromatic rings. The maximum atomic E-state index is 5.21. The summed E-state index contributed by atoms with van der Waals surface area (Å²) in [6.07, 6.45) is 1.96. The first kappa shape index (κ1) is 9.33. The van der Waals surface area contributed by atoms with E-state index in [0.717, 1.165) is 11.3 Å². The normalized spacial score (nSPS) is 10.6. The summed E-state index contributed by atoms with van der Waals surface area (Å²) < 4.78 is 5.21. The highest BCUT2D eigenvalue weighted by Crippen LogP contribution is 2.21. The van der Waals surface area contributed by atoms with Gasteiger partial charge in [0.05, 0.1) is 7.11 Å². The van der Waals surface area contributed by atoms with Crippen LogP contribution in [0.2, 0.25) is 0 Å². The van der Waals surface area contributed by atoms with Crippen LogP contribution < -0.4 is 4.74 Å². The fraction of sp³-hybridized carbons (Fsp3) is 0.200. The molecule has 12 heavy (non-hydrogen) atoms. The third-order valence-corrected chi connectivity index (χ3v) is 1.90. The molecule has 0 saturated heterocycles. The number of hydrogen-bond acceptors (Lipinski definition) is 1. The van der Waals surface area contributed by atoms with E-state index in [1.165, 1.54) is 5.56 Å². The van der Waals surface area contributed by atoms with Crippen LogP contribution >= 0.6 is 15.9 Å². The molecule has 0 aliphatic carbocycles. The van der Waals surface area contributed by atoms with Crippen molar-refractivity contribution in [3.05, 3.63) is 34.3 Å². The van der Waals surface area contributed by atoms with Crippen molar-refractivity contribution in [3.8, 4) is 5.75 Å². The lowest BCUT2D eigenvalue weighted by Crippen LogP contribution is -1.87. The molecule has 0 aromatic heterocycles. The maximum Gasteiger partial charge on any atom is 0.126 e. The molecule has 64 valence electrons. The molecular formula is C10H11BrO. The summed E-state index contributed by atoms with van der Waals surface area (Å²) in [6.45, 7) is 2.05. The van der Waals surface area contributed by atoms with Gasteiger partial charge in [-0.05, 0) is 29.6 Å². The summed E-state index contributed by atoms with van der Waals surface area (Å²) >= 11 is 3.23. The molecule has 0 unspecified atom stereocenters. The van der Waals surface area contributed by atoms with Crippen molar-refractivity contribution >= 4 is 22.0 Å². The minimum absolute atomic E-state index is 0.908. The van der Waals surface area contributed by atoms with Crippen molar-refractivity contribution in [2.75, 3.05) is 7.11 Å². The highest BCUT2D eigenvalue weighted by atomic mass is 79.9. The van der Waals surface area contributed by atoms with Gasteiger partial charge >= 0.3 is 0 Å². The van der Waals surface area contributed by atoms with E-state index in [1.54, 1.807) is 7.11 Å². The number of aryl methyl sites for hydroxylation is 1. The molecule has 0 aliphatic heterocycles. The Balaban J connectivity index is 3.10. The van der Waals surface area contributed by atoms with Crippen LogP contribution in [0, 0.1) is 6.92 Å². The molecule has 0 spiro atoms. The van der Waals surface area contributed by atoms with E-state index in [1.807, 2.05) is 30.1 Å². The van der Waals surface area contributed by atoms with Crippen molar-refractivity contribution in [2.45, 2.75) is 6.92 Å². The van der Waals surface area contributed by atoms with Gasteiger partial charge in [0.15, 0.2) is 0 Å². The number of benzene rings is 1. The molecule has 0 aliphatic rings. The molecule has 2 heteroatoms. The van der Waals surface area contributed by atoms with E-state index in [-0.39, 0.29) is 0 Å². The van der Waals surface area contributed by atoms with Crippen molar-refractivity contribution in [3.63, 3.8) is 0 Å².